The van der Waals surface area contributed by atoms with Crippen molar-refractivity contribution in [2.75, 3.05) is 6.61 Å². The quantitative estimate of drug-likeness (QED) is 0.696. The fourth-order valence-electron chi connectivity index (χ4n) is 2.17. The molecule has 0 N–H and O–H groups in total. The number of aryl methyl sites for hydroxylation is 2. The topological polar surface area (TPSA) is 9.23 Å². The van der Waals surface area contributed by atoms with Crippen molar-refractivity contribution in [1.82, 2.24) is 0 Å². The lowest BCUT2D eigenvalue weighted by atomic mass is 9.99. The zero-order chi connectivity index (χ0) is 13.8. The second-order valence-electron chi connectivity index (χ2n) is 4.54. The summed E-state index contributed by atoms with van der Waals surface area (Å²) in [6, 6.07) is 12.5. The van der Waals surface area contributed by atoms with Crippen molar-refractivity contribution in [3.63, 3.8) is 0 Å². The zero-order valence-corrected chi connectivity index (χ0v) is 12.8. The summed E-state index contributed by atoms with van der Waals surface area (Å²) in [7, 11) is 0. The molecule has 2 rings (SSSR count). The van der Waals surface area contributed by atoms with Crippen LogP contribution in [0.4, 0.5) is 0 Å². The first-order valence-electron chi connectivity index (χ1n) is 6.23. The summed E-state index contributed by atoms with van der Waals surface area (Å²) in [5.74, 6) is 0.928. The molecule has 2 heteroatoms. The van der Waals surface area contributed by atoms with Gasteiger partial charge in [-0.25, -0.2) is 0 Å². The van der Waals surface area contributed by atoms with E-state index in [1.165, 1.54) is 5.56 Å². The van der Waals surface area contributed by atoms with Gasteiger partial charge in [-0.1, -0.05) is 52.9 Å². The summed E-state index contributed by atoms with van der Waals surface area (Å²) in [5.41, 5.74) is 4.64. The number of hydrogen-bond acceptors (Lipinski definition) is 1. The number of benzene rings is 2. The van der Waals surface area contributed by atoms with Gasteiger partial charge in [0.05, 0.1) is 0 Å². The fourth-order valence-corrected chi connectivity index (χ4v) is 2.67. The Kier molecular flexibility index (Phi) is 4.43. The Labute approximate surface area is 123 Å². The van der Waals surface area contributed by atoms with Crippen LogP contribution in [0.1, 0.15) is 11.1 Å². The van der Waals surface area contributed by atoms with E-state index in [0.717, 1.165) is 26.9 Å². The van der Waals surface area contributed by atoms with Crippen LogP contribution in [0.5, 0.6) is 5.75 Å². The van der Waals surface area contributed by atoms with Crippen LogP contribution in [-0.2, 0) is 0 Å². The molecule has 0 fully saturated rings. The summed E-state index contributed by atoms with van der Waals surface area (Å²) in [6.07, 6.45) is 1.77. The molecule has 2 aromatic rings. The largest absolute Gasteiger partial charge is 0.489 e. The summed E-state index contributed by atoms with van der Waals surface area (Å²) in [5, 5.41) is 0. The van der Waals surface area contributed by atoms with Gasteiger partial charge < -0.3 is 4.74 Å². The molecule has 19 heavy (non-hydrogen) atoms. The maximum Gasteiger partial charge on any atom is 0.130 e. The van der Waals surface area contributed by atoms with Gasteiger partial charge >= 0.3 is 0 Å². The molecule has 1 nitrogen and oxygen atoms in total. The van der Waals surface area contributed by atoms with E-state index in [2.05, 4.69) is 54.6 Å². The third kappa shape index (κ3) is 3.07. The Balaban J connectivity index is 2.60. The van der Waals surface area contributed by atoms with E-state index in [9.17, 15) is 0 Å². The second-order valence-corrected chi connectivity index (χ2v) is 5.39. The molecular formula is C17H17BrO. The van der Waals surface area contributed by atoms with Crippen LogP contribution in [0.2, 0.25) is 0 Å². The average Bonchev–Trinajstić information content (AvgIpc) is 2.37. The molecule has 0 saturated heterocycles. The number of rotatable bonds is 4. The first-order chi connectivity index (χ1) is 9.13. The smallest absolute Gasteiger partial charge is 0.130 e. The third-order valence-electron chi connectivity index (χ3n) is 2.93. The van der Waals surface area contributed by atoms with Gasteiger partial charge in [-0.15, -0.1) is 0 Å². The van der Waals surface area contributed by atoms with Gasteiger partial charge in [0.15, 0.2) is 0 Å². The highest BCUT2D eigenvalue weighted by atomic mass is 79.9. The lowest BCUT2D eigenvalue weighted by Crippen LogP contribution is -1.98. The monoisotopic (exact) mass is 316 g/mol. The number of hydrogen-bond donors (Lipinski definition) is 0. The lowest BCUT2D eigenvalue weighted by molar-refractivity contribution is 0.362. The Morgan fingerprint density at radius 2 is 1.89 bits per heavy atom. The van der Waals surface area contributed by atoms with Crippen LogP contribution in [0, 0.1) is 13.8 Å². The van der Waals surface area contributed by atoms with Gasteiger partial charge in [0.2, 0.25) is 0 Å². The highest BCUT2D eigenvalue weighted by molar-refractivity contribution is 9.10. The predicted octanol–water partition coefficient (Wildman–Crippen LogP) is 5.30. The molecule has 0 amide bonds. The van der Waals surface area contributed by atoms with E-state index in [0.29, 0.717) is 6.61 Å². The van der Waals surface area contributed by atoms with E-state index in [1.807, 2.05) is 18.2 Å². The molecule has 0 aliphatic heterocycles. The molecule has 0 bridgehead atoms. The SMILES string of the molecule is C=CCOc1c(C)cc(C)cc1-c1ccccc1Br. The van der Waals surface area contributed by atoms with Crippen molar-refractivity contribution >= 4 is 15.9 Å². The van der Waals surface area contributed by atoms with Crippen LogP contribution in [-0.4, -0.2) is 6.61 Å². The number of ether oxygens (including phenoxy) is 1. The summed E-state index contributed by atoms with van der Waals surface area (Å²) >= 11 is 3.61. The maximum absolute atomic E-state index is 5.84. The Morgan fingerprint density at radius 3 is 2.58 bits per heavy atom. The minimum absolute atomic E-state index is 0.515. The third-order valence-corrected chi connectivity index (χ3v) is 3.62. The van der Waals surface area contributed by atoms with Gasteiger partial charge in [0, 0.05) is 10.0 Å². The van der Waals surface area contributed by atoms with Crippen LogP contribution in [0.15, 0.2) is 53.5 Å². The standard InChI is InChI=1S/C17H17BrO/c1-4-9-19-17-13(3)10-12(2)11-15(17)14-7-5-6-8-16(14)18/h4-8,10-11H,1,9H2,2-3H3. The molecule has 0 aliphatic carbocycles. The van der Waals surface area contributed by atoms with Crippen molar-refractivity contribution in [2.45, 2.75) is 13.8 Å². The highest BCUT2D eigenvalue weighted by Crippen LogP contribution is 2.37. The predicted molar refractivity (Wildman–Crippen MR) is 84.7 cm³/mol. The van der Waals surface area contributed by atoms with Crippen molar-refractivity contribution in [2.24, 2.45) is 0 Å². The van der Waals surface area contributed by atoms with Crippen LogP contribution < -0.4 is 4.74 Å². The minimum atomic E-state index is 0.515. The number of halogens is 1. The maximum atomic E-state index is 5.84. The molecule has 0 aliphatic rings. The molecule has 0 heterocycles. The van der Waals surface area contributed by atoms with Crippen molar-refractivity contribution < 1.29 is 4.74 Å². The molecule has 2 aromatic carbocycles. The molecule has 0 radical (unpaired) electrons. The Morgan fingerprint density at radius 1 is 1.16 bits per heavy atom. The van der Waals surface area contributed by atoms with Crippen LogP contribution in [0.3, 0.4) is 0 Å². The normalized spacial score (nSPS) is 10.3. The fraction of sp³-hybridized carbons (Fsp3) is 0.176. The summed E-state index contributed by atoms with van der Waals surface area (Å²) in [4.78, 5) is 0. The van der Waals surface area contributed by atoms with E-state index in [-0.39, 0.29) is 0 Å². The zero-order valence-electron chi connectivity index (χ0n) is 11.2. The Bertz CT molecular complexity index is 602. The first kappa shape index (κ1) is 13.9. The van der Waals surface area contributed by atoms with Crippen LogP contribution in [0.25, 0.3) is 11.1 Å². The van der Waals surface area contributed by atoms with Crippen molar-refractivity contribution in [1.29, 1.82) is 0 Å². The molecule has 98 valence electrons. The van der Waals surface area contributed by atoms with Gasteiger partial charge in [0.1, 0.15) is 12.4 Å². The molecule has 0 spiro atoms. The highest BCUT2D eigenvalue weighted by Gasteiger charge is 2.12. The van der Waals surface area contributed by atoms with Gasteiger partial charge in [0.25, 0.3) is 0 Å². The van der Waals surface area contributed by atoms with Crippen LogP contribution >= 0.6 is 15.9 Å². The second kappa shape index (κ2) is 6.07. The van der Waals surface area contributed by atoms with Crippen molar-refractivity contribution in [3.05, 3.63) is 64.7 Å². The van der Waals surface area contributed by atoms with E-state index >= 15 is 0 Å². The van der Waals surface area contributed by atoms with Gasteiger partial charge in [-0.05, 0) is 42.7 Å². The molecule has 0 atom stereocenters. The van der Waals surface area contributed by atoms with Crippen molar-refractivity contribution in [3.8, 4) is 16.9 Å². The summed E-state index contributed by atoms with van der Waals surface area (Å²) < 4.78 is 6.92. The summed E-state index contributed by atoms with van der Waals surface area (Å²) in [6.45, 7) is 8.40. The van der Waals surface area contributed by atoms with E-state index < -0.39 is 0 Å². The minimum Gasteiger partial charge on any atom is -0.489 e. The molecular weight excluding hydrogens is 300 g/mol. The first-order valence-corrected chi connectivity index (χ1v) is 7.02. The van der Waals surface area contributed by atoms with Gasteiger partial charge in [-0.3, -0.25) is 0 Å². The average molecular weight is 317 g/mol. The van der Waals surface area contributed by atoms with Gasteiger partial charge in [-0.2, -0.15) is 0 Å². The lowest BCUT2D eigenvalue weighted by Gasteiger charge is -2.15. The van der Waals surface area contributed by atoms with E-state index in [1.54, 1.807) is 6.08 Å². The molecule has 0 saturated carbocycles. The van der Waals surface area contributed by atoms with E-state index in [4.69, 9.17) is 4.74 Å². The molecule has 0 aromatic heterocycles. The Hall–Kier alpha value is -1.54. The molecule has 0 unspecified atom stereocenters.